The number of aryl methyl sites for hydroxylation is 1. The summed E-state index contributed by atoms with van der Waals surface area (Å²) in [6.45, 7) is 4.06. The van der Waals surface area contributed by atoms with Crippen molar-refractivity contribution in [3.8, 4) is 5.69 Å². The van der Waals surface area contributed by atoms with Crippen molar-refractivity contribution in [2.24, 2.45) is 0 Å². The number of sulfonamides is 1. The molecule has 7 nitrogen and oxygen atoms in total. The minimum atomic E-state index is -3.86. The summed E-state index contributed by atoms with van der Waals surface area (Å²) in [4.78, 5) is 12.6. The molecule has 0 amide bonds. The van der Waals surface area contributed by atoms with Crippen LogP contribution in [-0.4, -0.2) is 41.6 Å². The van der Waals surface area contributed by atoms with Crippen LogP contribution in [0.1, 0.15) is 34.2 Å². The number of halogens is 1. The van der Waals surface area contributed by atoms with Gasteiger partial charge in [0.25, 0.3) is 0 Å². The van der Waals surface area contributed by atoms with Gasteiger partial charge < -0.3 is 4.74 Å². The predicted octanol–water partition coefficient (Wildman–Crippen LogP) is 3.24. The Hall–Kier alpha value is -3.04. The maximum Gasteiger partial charge on any atom is 0.359 e. The van der Waals surface area contributed by atoms with E-state index < -0.39 is 21.8 Å². The average Bonchev–Trinajstić information content (AvgIpc) is 3.14. The summed E-state index contributed by atoms with van der Waals surface area (Å²) < 4.78 is 47.5. The second-order valence-electron chi connectivity index (χ2n) is 7.28. The lowest BCUT2D eigenvalue weighted by molar-refractivity contribution is 0.0517. The Bertz CT molecular complexity index is 1220. The molecule has 1 aromatic heterocycles. The van der Waals surface area contributed by atoms with Gasteiger partial charge in [-0.2, -0.15) is 9.40 Å². The molecular weight excluding hydrogens is 421 g/mol. The quantitative estimate of drug-likeness (QED) is 0.566. The Labute approximate surface area is 180 Å². The molecular formula is C22H22FN3O4S. The van der Waals surface area contributed by atoms with Gasteiger partial charge in [-0.15, -0.1) is 0 Å². The highest BCUT2D eigenvalue weighted by molar-refractivity contribution is 7.89. The first-order valence-corrected chi connectivity index (χ1v) is 11.4. The van der Waals surface area contributed by atoms with Gasteiger partial charge in [0.15, 0.2) is 5.69 Å². The summed E-state index contributed by atoms with van der Waals surface area (Å²) in [6, 6.07) is 12.4. The molecule has 0 spiro atoms. The molecule has 3 aromatic rings. The van der Waals surface area contributed by atoms with Crippen LogP contribution in [0.3, 0.4) is 0 Å². The maximum atomic E-state index is 13.2. The number of carbonyl (C=O) groups excluding carboxylic acids is 1. The zero-order valence-corrected chi connectivity index (χ0v) is 18.0. The molecule has 0 saturated heterocycles. The summed E-state index contributed by atoms with van der Waals surface area (Å²) in [5.41, 5.74) is 3.28. The Kier molecular flexibility index (Phi) is 5.63. The molecule has 1 aliphatic rings. The zero-order chi connectivity index (χ0) is 22.2. The van der Waals surface area contributed by atoms with Crippen molar-refractivity contribution in [2.75, 3.05) is 13.2 Å². The molecule has 0 unspecified atom stereocenters. The standard InChI is InChI=1S/C22H22FN3O4S/c1-3-30-22(27)21-19-14-25(31(28,29)18-10-6-16(23)7-11-18)13-12-20(19)26(24-21)17-8-4-15(2)5-9-17/h4-11H,3,12-14H2,1-2H3. The lowest BCUT2D eigenvalue weighted by Crippen LogP contribution is -2.36. The fraction of sp³-hybridized carbons (Fsp3) is 0.273. The van der Waals surface area contributed by atoms with E-state index in [1.807, 2.05) is 31.2 Å². The van der Waals surface area contributed by atoms with Crippen LogP contribution in [0.25, 0.3) is 5.69 Å². The van der Waals surface area contributed by atoms with E-state index in [9.17, 15) is 17.6 Å². The number of benzene rings is 2. The molecule has 0 N–H and O–H groups in total. The van der Waals surface area contributed by atoms with Crippen molar-refractivity contribution in [3.05, 3.63) is 76.9 Å². The van der Waals surface area contributed by atoms with Gasteiger partial charge in [0.1, 0.15) is 5.82 Å². The number of carbonyl (C=O) groups is 1. The van der Waals surface area contributed by atoms with E-state index >= 15 is 0 Å². The van der Waals surface area contributed by atoms with Crippen molar-refractivity contribution < 1.29 is 22.3 Å². The van der Waals surface area contributed by atoms with Gasteiger partial charge in [-0.25, -0.2) is 22.3 Å². The SMILES string of the molecule is CCOC(=O)c1nn(-c2ccc(C)cc2)c2c1CN(S(=O)(=O)c1ccc(F)cc1)CC2. The second kappa shape index (κ2) is 8.24. The summed E-state index contributed by atoms with van der Waals surface area (Å²) in [5, 5.41) is 4.48. The molecule has 0 atom stereocenters. The van der Waals surface area contributed by atoms with Crippen LogP contribution in [-0.2, 0) is 27.7 Å². The smallest absolute Gasteiger partial charge is 0.359 e. The lowest BCUT2D eigenvalue weighted by atomic mass is 10.1. The summed E-state index contributed by atoms with van der Waals surface area (Å²) in [6.07, 6.45) is 0.371. The molecule has 31 heavy (non-hydrogen) atoms. The van der Waals surface area contributed by atoms with Crippen molar-refractivity contribution in [1.82, 2.24) is 14.1 Å². The van der Waals surface area contributed by atoms with Crippen LogP contribution < -0.4 is 0 Å². The third kappa shape index (κ3) is 3.98. The fourth-order valence-electron chi connectivity index (χ4n) is 3.62. The molecule has 0 aliphatic carbocycles. The number of esters is 1. The van der Waals surface area contributed by atoms with E-state index in [-0.39, 0.29) is 30.3 Å². The zero-order valence-electron chi connectivity index (χ0n) is 17.2. The van der Waals surface area contributed by atoms with Crippen molar-refractivity contribution >= 4 is 16.0 Å². The number of hydrogen-bond acceptors (Lipinski definition) is 5. The van der Waals surface area contributed by atoms with E-state index in [4.69, 9.17) is 4.74 Å². The van der Waals surface area contributed by atoms with Crippen LogP contribution in [0.2, 0.25) is 0 Å². The number of nitrogens with zero attached hydrogens (tertiary/aromatic N) is 3. The second-order valence-corrected chi connectivity index (χ2v) is 9.22. The molecule has 0 bridgehead atoms. The van der Waals surface area contributed by atoms with Crippen molar-refractivity contribution in [1.29, 1.82) is 0 Å². The highest BCUT2D eigenvalue weighted by Gasteiger charge is 2.34. The fourth-order valence-corrected chi connectivity index (χ4v) is 5.03. The van der Waals surface area contributed by atoms with E-state index in [1.54, 1.807) is 11.6 Å². The summed E-state index contributed by atoms with van der Waals surface area (Å²) in [5.74, 6) is -1.10. The molecule has 1 aliphatic heterocycles. The minimum absolute atomic E-state index is 0.000890. The number of rotatable bonds is 5. The molecule has 0 radical (unpaired) electrons. The van der Waals surface area contributed by atoms with Crippen LogP contribution in [0.5, 0.6) is 0 Å². The van der Waals surface area contributed by atoms with E-state index in [0.717, 1.165) is 29.1 Å². The number of aromatic nitrogens is 2. The van der Waals surface area contributed by atoms with Crippen LogP contribution in [0, 0.1) is 12.7 Å². The normalized spacial score (nSPS) is 14.3. The molecule has 2 heterocycles. The van der Waals surface area contributed by atoms with Crippen molar-refractivity contribution in [3.63, 3.8) is 0 Å². The monoisotopic (exact) mass is 443 g/mol. The van der Waals surface area contributed by atoms with Crippen LogP contribution in [0.4, 0.5) is 4.39 Å². The molecule has 4 rings (SSSR count). The van der Waals surface area contributed by atoms with Gasteiger partial charge in [0.2, 0.25) is 10.0 Å². The highest BCUT2D eigenvalue weighted by Crippen LogP contribution is 2.29. The molecule has 0 saturated carbocycles. The molecule has 0 fully saturated rings. The predicted molar refractivity (Wildman–Crippen MR) is 112 cm³/mol. The van der Waals surface area contributed by atoms with Crippen LogP contribution >= 0.6 is 0 Å². The number of hydrogen-bond donors (Lipinski definition) is 0. The van der Waals surface area contributed by atoms with Gasteiger partial charge in [-0.1, -0.05) is 17.7 Å². The molecule has 9 heteroatoms. The van der Waals surface area contributed by atoms with Gasteiger partial charge in [-0.05, 0) is 50.2 Å². The summed E-state index contributed by atoms with van der Waals surface area (Å²) >= 11 is 0. The Morgan fingerprint density at radius 3 is 2.45 bits per heavy atom. The minimum Gasteiger partial charge on any atom is -0.461 e. The third-order valence-corrected chi connectivity index (χ3v) is 7.08. The van der Waals surface area contributed by atoms with E-state index in [0.29, 0.717) is 12.0 Å². The lowest BCUT2D eigenvalue weighted by Gasteiger charge is -2.27. The average molecular weight is 444 g/mol. The first-order chi connectivity index (χ1) is 14.8. The Balaban J connectivity index is 1.76. The van der Waals surface area contributed by atoms with Gasteiger partial charge >= 0.3 is 5.97 Å². The van der Waals surface area contributed by atoms with Gasteiger partial charge in [0.05, 0.1) is 22.9 Å². The first-order valence-electron chi connectivity index (χ1n) is 9.92. The van der Waals surface area contributed by atoms with Crippen LogP contribution in [0.15, 0.2) is 53.4 Å². The van der Waals surface area contributed by atoms with Gasteiger partial charge in [-0.3, -0.25) is 0 Å². The Morgan fingerprint density at radius 1 is 1.13 bits per heavy atom. The maximum absolute atomic E-state index is 13.2. The topological polar surface area (TPSA) is 81.5 Å². The first kappa shape index (κ1) is 21.2. The van der Waals surface area contributed by atoms with Gasteiger partial charge in [0, 0.05) is 25.1 Å². The largest absolute Gasteiger partial charge is 0.461 e. The third-order valence-electron chi connectivity index (χ3n) is 5.22. The number of fused-ring (bicyclic) bond motifs is 1. The highest BCUT2D eigenvalue weighted by atomic mass is 32.2. The van der Waals surface area contributed by atoms with E-state index in [2.05, 4.69) is 5.10 Å². The van der Waals surface area contributed by atoms with Crippen molar-refractivity contribution in [2.45, 2.75) is 31.7 Å². The molecule has 2 aromatic carbocycles. The molecule has 162 valence electrons. The number of ether oxygens (including phenoxy) is 1. The van der Waals surface area contributed by atoms with E-state index in [1.165, 1.54) is 16.4 Å². The summed E-state index contributed by atoms with van der Waals surface area (Å²) in [7, 11) is -3.86. The Morgan fingerprint density at radius 2 is 1.81 bits per heavy atom.